The molecule has 3 rings (SSSR count). The SMILES string of the molecule is O=C1CC(NS(=O)(=O)c2ccccc2)CN1Cc1ccc(F)cc1. The van der Waals surface area contributed by atoms with Crippen molar-refractivity contribution in [3.05, 3.63) is 66.0 Å². The summed E-state index contributed by atoms with van der Waals surface area (Å²) in [4.78, 5) is 13.8. The van der Waals surface area contributed by atoms with E-state index >= 15 is 0 Å². The number of hydrogen-bond acceptors (Lipinski definition) is 3. The summed E-state index contributed by atoms with van der Waals surface area (Å²) in [5, 5.41) is 0. The molecular formula is C17H17FN2O3S. The van der Waals surface area contributed by atoms with Crippen molar-refractivity contribution in [2.24, 2.45) is 0 Å². The van der Waals surface area contributed by atoms with Crippen LogP contribution in [0.1, 0.15) is 12.0 Å². The number of rotatable bonds is 5. The minimum Gasteiger partial charge on any atom is -0.337 e. The van der Waals surface area contributed by atoms with Crippen LogP contribution >= 0.6 is 0 Å². The first-order valence-corrected chi connectivity index (χ1v) is 9.02. The van der Waals surface area contributed by atoms with Gasteiger partial charge in [0.1, 0.15) is 5.82 Å². The lowest BCUT2D eigenvalue weighted by Crippen LogP contribution is -2.37. The summed E-state index contributed by atoms with van der Waals surface area (Å²) < 4.78 is 40.1. The minimum atomic E-state index is -3.65. The van der Waals surface area contributed by atoms with E-state index < -0.39 is 16.1 Å². The molecule has 7 heteroatoms. The minimum absolute atomic E-state index is 0.118. The first-order valence-electron chi connectivity index (χ1n) is 7.54. The number of sulfonamides is 1. The van der Waals surface area contributed by atoms with E-state index in [2.05, 4.69) is 4.72 Å². The summed E-state index contributed by atoms with van der Waals surface area (Å²) in [6.45, 7) is 0.630. The third-order valence-corrected chi connectivity index (χ3v) is 5.41. The van der Waals surface area contributed by atoms with E-state index in [-0.39, 0.29) is 23.0 Å². The highest BCUT2D eigenvalue weighted by atomic mass is 32.2. The maximum Gasteiger partial charge on any atom is 0.240 e. The summed E-state index contributed by atoms with van der Waals surface area (Å²) in [6, 6.07) is 13.5. The van der Waals surface area contributed by atoms with Crippen molar-refractivity contribution in [3.63, 3.8) is 0 Å². The van der Waals surface area contributed by atoms with Gasteiger partial charge in [-0.25, -0.2) is 17.5 Å². The van der Waals surface area contributed by atoms with Crippen molar-refractivity contribution in [1.82, 2.24) is 9.62 Å². The normalized spacial score (nSPS) is 18.1. The fraction of sp³-hybridized carbons (Fsp3) is 0.235. The molecule has 0 aromatic heterocycles. The van der Waals surface area contributed by atoms with Gasteiger partial charge in [-0.2, -0.15) is 0 Å². The van der Waals surface area contributed by atoms with Crippen LogP contribution in [-0.2, 0) is 21.4 Å². The van der Waals surface area contributed by atoms with Crippen LogP contribution < -0.4 is 4.72 Å². The second-order valence-corrected chi connectivity index (χ2v) is 7.45. The Hall–Kier alpha value is -2.25. The van der Waals surface area contributed by atoms with E-state index in [1.165, 1.54) is 24.3 Å². The maximum atomic E-state index is 12.9. The third-order valence-electron chi connectivity index (χ3n) is 3.88. The van der Waals surface area contributed by atoms with Gasteiger partial charge in [0.15, 0.2) is 0 Å². The smallest absolute Gasteiger partial charge is 0.240 e. The molecule has 2 aromatic carbocycles. The van der Waals surface area contributed by atoms with Gasteiger partial charge in [0.2, 0.25) is 15.9 Å². The van der Waals surface area contributed by atoms with Crippen LogP contribution in [-0.4, -0.2) is 31.8 Å². The Morgan fingerprint density at radius 1 is 1.08 bits per heavy atom. The summed E-state index contributed by atoms with van der Waals surface area (Å²) in [5.41, 5.74) is 0.802. The number of amides is 1. The molecule has 1 heterocycles. The summed E-state index contributed by atoms with van der Waals surface area (Å²) in [6.07, 6.45) is 0.118. The van der Waals surface area contributed by atoms with Crippen LogP contribution in [0.3, 0.4) is 0 Å². The van der Waals surface area contributed by atoms with Crippen LogP contribution in [0.2, 0.25) is 0 Å². The molecule has 1 fully saturated rings. The first kappa shape index (κ1) is 16.6. The lowest BCUT2D eigenvalue weighted by molar-refractivity contribution is -0.128. The van der Waals surface area contributed by atoms with Crippen molar-refractivity contribution in [1.29, 1.82) is 0 Å². The fourth-order valence-electron chi connectivity index (χ4n) is 2.70. The van der Waals surface area contributed by atoms with Crippen LogP contribution in [0.4, 0.5) is 4.39 Å². The standard InChI is InChI=1S/C17H17FN2O3S/c18-14-8-6-13(7-9-14)11-20-12-15(10-17(20)21)19-24(22,23)16-4-2-1-3-5-16/h1-9,15,19H,10-12H2. The number of halogens is 1. The Morgan fingerprint density at radius 2 is 1.75 bits per heavy atom. The van der Waals surface area contributed by atoms with Gasteiger partial charge in [0.25, 0.3) is 0 Å². The van der Waals surface area contributed by atoms with E-state index in [9.17, 15) is 17.6 Å². The summed E-state index contributed by atoms with van der Waals surface area (Å²) >= 11 is 0. The summed E-state index contributed by atoms with van der Waals surface area (Å²) in [5.74, 6) is -0.458. The van der Waals surface area contributed by atoms with Crippen LogP contribution in [0, 0.1) is 5.82 Å². The zero-order valence-corrected chi connectivity index (χ0v) is 13.7. The van der Waals surface area contributed by atoms with Crippen LogP contribution in [0.25, 0.3) is 0 Å². The van der Waals surface area contributed by atoms with Gasteiger partial charge in [-0.3, -0.25) is 4.79 Å². The number of nitrogens with zero attached hydrogens (tertiary/aromatic N) is 1. The van der Waals surface area contributed by atoms with Gasteiger partial charge in [-0.15, -0.1) is 0 Å². The van der Waals surface area contributed by atoms with E-state index in [0.717, 1.165) is 5.56 Å². The molecule has 0 saturated carbocycles. The molecule has 0 spiro atoms. The van der Waals surface area contributed by atoms with Crippen molar-refractivity contribution in [2.45, 2.75) is 23.9 Å². The van der Waals surface area contributed by atoms with Crippen LogP contribution in [0.5, 0.6) is 0 Å². The molecular weight excluding hydrogens is 331 g/mol. The predicted octanol–water partition coefficient (Wildman–Crippen LogP) is 1.91. The van der Waals surface area contributed by atoms with Crippen molar-refractivity contribution >= 4 is 15.9 Å². The highest BCUT2D eigenvalue weighted by Gasteiger charge is 2.32. The molecule has 0 bridgehead atoms. The average Bonchev–Trinajstić information content (AvgIpc) is 2.89. The number of likely N-dealkylation sites (tertiary alicyclic amines) is 1. The Labute approximate surface area is 140 Å². The number of benzene rings is 2. The van der Waals surface area contributed by atoms with E-state index in [1.54, 1.807) is 35.2 Å². The molecule has 1 N–H and O–H groups in total. The van der Waals surface area contributed by atoms with Gasteiger partial charge in [0.05, 0.1) is 4.90 Å². The van der Waals surface area contributed by atoms with Crippen LogP contribution in [0.15, 0.2) is 59.5 Å². The van der Waals surface area contributed by atoms with Gasteiger partial charge < -0.3 is 4.90 Å². The number of carbonyl (C=O) groups excluding carboxylic acids is 1. The molecule has 2 aromatic rings. The van der Waals surface area contributed by atoms with E-state index in [1.807, 2.05) is 0 Å². The van der Waals surface area contributed by atoms with Gasteiger partial charge >= 0.3 is 0 Å². The average molecular weight is 348 g/mol. The molecule has 0 aliphatic carbocycles. The summed E-state index contributed by atoms with van der Waals surface area (Å²) in [7, 11) is -3.65. The zero-order chi connectivity index (χ0) is 17.2. The van der Waals surface area contributed by atoms with Gasteiger partial charge in [-0.05, 0) is 29.8 Å². The lowest BCUT2D eigenvalue weighted by atomic mass is 10.2. The van der Waals surface area contributed by atoms with Crippen molar-refractivity contribution in [3.8, 4) is 0 Å². The fourth-order valence-corrected chi connectivity index (χ4v) is 3.95. The molecule has 1 unspecified atom stereocenters. The molecule has 1 saturated heterocycles. The molecule has 24 heavy (non-hydrogen) atoms. The number of hydrogen-bond donors (Lipinski definition) is 1. The quantitative estimate of drug-likeness (QED) is 0.897. The third kappa shape index (κ3) is 3.80. The maximum absolute atomic E-state index is 12.9. The van der Waals surface area contributed by atoms with Gasteiger partial charge in [0, 0.05) is 25.6 Å². The second kappa shape index (κ2) is 6.70. The monoisotopic (exact) mass is 348 g/mol. The second-order valence-electron chi connectivity index (χ2n) is 5.74. The number of carbonyl (C=O) groups is 1. The highest BCUT2D eigenvalue weighted by Crippen LogP contribution is 2.18. The topological polar surface area (TPSA) is 66.5 Å². The van der Waals surface area contributed by atoms with Gasteiger partial charge in [-0.1, -0.05) is 30.3 Å². The molecule has 1 aliphatic heterocycles. The Kier molecular flexibility index (Phi) is 4.64. The van der Waals surface area contributed by atoms with E-state index in [0.29, 0.717) is 13.1 Å². The van der Waals surface area contributed by atoms with Crippen molar-refractivity contribution in [2.75, 3.05) is 6.54 Å². The highest BCUT2D eigenvalue weighted by molar-refractivity contribution is 7.89. The predicted molar refractivity (Wildman–Crippen MR) is 87.0 cm³/mol. The molecule has 1 amide bonds. The number of nitrogens with one attached hydrogen (secondary N) is 1. The first-order chi connectivity index (χ1) is 11.4. The Balaban J connectivity index is 1.65. The molecule has 126 valence electrons. The Morgan fingerprint density at radius 3 is 2.42 bits per heavy atom. The Bertz CT molecular complexity index is 823. The molecule has 0 radical (unpaired) electrons. The molecule has 1 aliphatic rings. The lowest BCUT2D eigenvalue weighted by Gasteiger charge is -2.17. The molecule has 1 atom stereocenters. The molecule has 5 nitrogen and oxygen atoms in total. The van der Waals surface area contributed by atoms with E-state index in [4.69, 9.17) is 0 Å². The van der Waals surface area contributed by atoms with Crippen molar-refractivity contribution < 1.29 is 17.6 Å². The largest absolute Gasteiger partial charge is 0.337 e. The zero-order valence-electron chi connectivity index (χ0n) is 12.9.